The molecule has 5 rings (SSSR count). The van der Waals surface area contributed by atoms with E-state index in [2.05, 4.69) is 15.9 Å². The lowest BCUT2D eigenvalue weighted by molar-refractivity contribution is 1.65. The summed E-state index contributed by atoms with van der Waals surface area (Å²) in [5, 5.41) is 6.82. The van der Waals surface area contributed by atoms with Crippen LogP contribution in [0, 0.1) is 0 Å². The highest BCUT2D eigenvalue weighted by Crippen LogP contribution is 2.39. The molecule has 5 aromatic carbocycles. The standard InChI is InChI=1S/C20H9BrO2/c21-14-9-16(23)20-18-12(5-2-6-13(14)18)11-4-1-3-10-7-8-15(22)19(20)17(10)11/h1-9H. The minimum atomic E-state index is -0.115. The average molecular weight is 361 g/mol. The zero-order chi connectivity index (χ0) is 15.7. The first kappa shape index (κ1) is 13.0. The maximum atomic E-state index is 12.7. The molecule has 0 aliphatic rings. The molecule has 0 aliphatic carbocycles. The van der Waals surface area contributed by atoms with Crippen LogP contribution in [0.1, 0.15) is 0 Å². The molecule has 0 saturated heterocycles. The van der Waals surface area contributed by atoms with E-state index in [1.54, 1.807) is 12.1 Å². The van der Waals surface area contributed by atoms with Crippen molar-refractivity contribution in [3.63, 3.8) is 0 Å². The molecule has 0 bridgehead atoms. The first-order valence-corrected chi connectivity index (χ1v) is 8.12. The molecule has 0 fully saturated rings. The van der Waals surface area contributed by atoms with Crippen LogP contribution in [0.2, 0.25) is 0 Å². The molecular formula is C20H9BrO2. The molecule has 0 unspecified atom stereocenters. The van der Waals surface area contributed by atoms with Crippen LogP contribution in [0.25, 0.3) is 43.1 Å². The zero-order valence-corrected chi connectivity index (χ0v) is 13.5. The molecule has 0 aromatic heterocycles. The third kappa shape index (κ3) is 1.52. The van der Waals surface area contributed by atoms with Crippen molar-refractivity contribution < 1.29 is 0 Å². The Bertz CT molecular complexity index is 1360. The van der Waals surface area contributed by atoms with Gasteiger partial charge in [0.15, 0.2) is 10.9 Å². The molecule has 2 nitrogen and oxygen atoms in total. The average Bonchev–Trinajstić information content (AvgIpc) is 2.56. The van der Waals surface area contributed by atoms with Crippen molar-refractivity contribution in [2.45, 2.75) is 0 Å². The quantitative estimate of drug-likeness (QED) is 0.297. The minimum absolute atomic E-state index is 0.0971. The summed E-state index contributed by atoms with van der Waals surface area (Å²) in [6.07, 6.45) is 0. The predicted octanol–water partition coefficient (Wildman–Crippen LogP) is 4.66. The molecule has 0 saturated carbocycles. The Labute approximate surface area is 138 Å². The Morgan fingerprint density at radius 2 is 1.26 bits per heavy atom. The fourth-order valence-electron chi connectivity index (χ4n) is 3.71. The SMILES string of the molecule is O=c1ccc2cccc3c4cccc5c(Br)cc(=O)c(c1c23)c54. The summed E-state index contributed by atoms with van der Waals surface area (Å²) in [6, 6.07) is 16.9. The molecule has 0 heterocycles. The number of hydrogen-bond donors (Lipinski definition) is 0. The first-order chi connectivity index (χ1) is 11.2. The van der Waals surface area contributed by atoms with Crippen LogP contribution in [0.5, 0.6) is 0 Å². The Kier molecular flexibility index (Phi) is 2.41. The Morgan fingerprint density at radius 3 is 2.09 bits per heavy atom. The third-order valence-electron chi connectivity index (χ3n) is 4.62. The van der Waals surface area contributed by atoms with Crippen LogP contribution >= 0.6 is 15.9 Å². The monoisotopic (exact) mass is 360 g/mol. The molecular weight excluding hydrogens is 352 g/mol. The van der Waals surface area contributed by atoms with Crippen molar-refractivity contribution in [1.29, 1.82) is 0 Å². The molecule has 0 aliphatic heterocycles. The van der Waals surface area contributed by atoms with Crippen molar-refractivity contribution in [3.8, 4) is 0 Å². The van der Waals surface area contributed by atoms with Crippen molar-refractivity contribution in [1.82, 2.24) is 0 Å². The third-order valence-corrected chi connectivity index (χ3v) is 5.28. The van der Waals surface area contributed by atoms with Crippen LogP contribution < -0.4 is 10.9 Å². The molecule has 0 atom stereocenters. The van der Waals surface area contributed by atoms with E-state index in [0.717, 1.165) is 36.8 Å². The summed E-state index contributed by atoms with van der Waals surface area (Å²) < 4.78 is 0.766. The lowest BCUT2D eigenvalue weighted by Gasteiger charge is -2.13. The topological polar surface area (TPSA) is 34.1 Å². The maximum absolute atomic E-state index is 12.7. The van der Waals surface area contributed by atoms with Crippen LogP contribution in [0.15, 0.2) is 68.7 Å². The van der Waals surface area contributed by atoms with E-state index in [9.17, 15) is 9.59 Å². The summed E-state index contributed by atoms with van der Waals surface area (Å²) in [5.41, 5.74) is -0.212. The fourth-order valence-corrected chi connectivity index (χ4v) is 4.25. The molecule has 0 amide bonds. The van der Waals surface area contributed by atoms with Gasteiger partial charge in [0.2, 0.25) is 0 Å². The van der Waals surface area contributed by atoms with Crippen LogP contribution in [-0.2, 0) is 0 Å². The van der Waals surface area contributed by atoms with Gasteiger partial charge in [-0.15, -0.1) is 0 Å². The van der Waals surface area contributed by atoms with Gasteiger partial charge in [0, 0.05) is 32.1 Å². The molecule has 0 radical (unpaired) electrons. The number of benzene rings is 5. The van der Waals surface area contributed by atoms with Crippen LogP contribution in [0.4, 0.5) is 0 Å². The summed E-state index contributed by atoms with van der Waals surface area (Å²) in [6.45, 7) is 0. The van der Waals surface area contributed by atoms with E-state index in [1.165, 1.54) is 0 Å². The van der Waals surface area contributed by atoms with E-state index < -0.39 is 0 Å². The lowest BCUT2D eigenvalue weighted by atomic mass is 9.89. The second-order valence-electron chi connectivity index (χ2n) is 5.80. The normalized spacial score (nSPS) is 12.0. The Hall–Kier alpha value is -2.52. The van der Waals surface area contributed by atoms with Gasteiger partial charge in [-0.05, 0) is 27.6 Å². The van der Waals surface area contributed by atoms with Gasteiger partial charge < -0.3 is 0 Å². The van der Waals surface area contributed by atoms with E-state index in [4.69, 9.17) is 0 Å². The van der Waals surface area contributed by atoms with Crippen LogP contribution in [-0.4, -0.2) is 0 Å². The Balaban J connectivity index is 2.39. The predicted molar refractivity (Wildman–Crippen MR) is 99.1 cm³/mol. The van der Waals surface area contributed by atoms with Crippen molar-refractivity contribution in [2.75, 3.05) is 0 Å². The fraction of sp³-hybridized carbons (Fsp3) is 0. The number of fused-ring (bicyclic) bond motifs is 2. The summed E-state index contributed by atoms with van der Waals surface area (Å²) in [4.78, 5) is 25.3. The maximum Gasteiger partial charge on any atom is 0.188 e. The number of hydrogen-bond acceptors (Lipinski definition) is 2. The van der Waals surface area contributed by atoms with E-state index in [0.29, 0.717) is 10.8 Å². The van der Waals surface area contributed by atoms with E-state index >= 15 is 0 Å². The highest BCUT2D eigenvalue weighted by molar-refractivity contribution is 9.10. The van der Waals surface area contributed by atoms with E-state index in [-0.39, 0.29) is 10.9 Å². The largest absolute Gasteiger partial charge is 0.289 e. The minimum Gasteiger partial charge on any atom is -0.289 e. The van der Waals surface area contributed by atoms with Crippen molar-refractivity contribution in [2.24, 2.45) is 0 Å². The highest BCUT2D eigenvalue weighted by atomic mass is 79.9. The van der Waals surface area contributed by atoms with Crippen molar-refractivity contribution >= 4 is 59.0 Å². The van der Waals surface area contributed by atoms with Crippen LogP contribution in [0.3, 0.4) is 0 Å². The van der Waals surface area contributed by atoms with E-state index in [1.807, 2.05) is 42.5 Å². The van der Waals surface area contributed by atoms with Gasteiger partial charge in [-0.3, -0.25) is 9.59 Å². The Morgan fingerprint density at radius 1 is 0.609 bits per heavy atom. The van der Waals surface area contributed by atoms with Gasteiger partial charge in [-0.1, -0.05) is 58.4 Å². The first-order valence-electron chi connectivity index (χ1n) is 7.32. The number of halogens is 1. The molecule has 3 heteroatoms. The molecule has 0 N–H and O–H groups in total. The molecule has 23 heavy (non-hydrogen) atoms. The summed E-state index contributed by atoms with van der Waals surface area (Å²) in [7, 11) is 0. The smallest absolute Gasteiger partial charge is 0.188 e. The second kappa shape index (κ2) is 4.27. The second-order valence-corrected chi connectivity index (χ2v) is 6.66. The van der Waals surface area contributed by atoms with Gasteiger partial charge in [0.25, 0.3) is 0 Å². The summed E-state index contributed by atoms with van der Waals surface area (Å²) >= 11 is 3.49. The number of rotatable bonds is 0. The van der Waals surface area contributed by atoms with Gasteiger partial charge in [-0.25, -0.2) is 0 Å². The highest BCUT2D eigenvalue weighted by Gasteiger charge is 2.17. The molecule has 0 spiro atoms. The van der Waals surface area contributed by atoms with Gasteiger partial charge in [-0.2, -0.15) is 0 Å². The molecule has 5 aromatic rings. The zero-order valence-electron chi connectivity index (χ0n) is 11.9. The van der Waals surface area contributed by atoms with Gasteiger partial charge >= 0.3 is 0 Å². The van der Waals surface area contributed by atoms with Crippen molar-refractivity contribution in [3.05, 3.63) is 79.5 Å². The lowest BCUT2D eigenvalue weighted by Crippen LogP contribution is -2.08. The van der Waals surface area contributed by atoms with Gasteiger partial charge in [0.1, 0.15) is 0 Å². The molecule has 108 valence electrons. The van der Waals surface area contributed by atoms with Gasteiger partial charge in [0.05, 0.1) is 0 Å². The summed E-state index contributed by atoms with van der Waals surface area (Å²) in [5.74, 6) is 0.